The van der Waals surface area contributed by atoms with Gasteiger partial charge in [0.15, 0.2) is 0 Å². The van der Waals surface area contributed by atoms with Gasteiger partial charge in [0.05, 0.1) is 11.1 Å². The zero-order valence-corrected chi connectivity index (χ0v) is 10.1. The van der Waals surface area contributed by atoms with E-state index in [-0.39, 0.29) is 0 Å². The number of carbonyl (C=O) groups is 1. The Morgan fingerprint density at radius 1 is 1.50 bits per heavy atom. The maximum atomic E-state index is 10.9. The van der Waals surface area contributed by atoms with Crippen molar-refractivity contribution in [3.8, 4) is 0 Å². The summed E-state index contributed by atoms with van der Waals surface area (Å²) in [6.07, 6.45) is 0. The van der Waals surface area contributed by atoms with Crippen LogP contribution in [0.4, 0.5) is 0 Å². The van der Waals surface area contributed by atoms with Gasteiger partial charge >= 0.3 is 5.97 Å². The Morgan fingerprint density at radius 3 is 2.56 bits per heavy atom. The molecular weight excluding hydrogens is 208 g/mol. The first-order chi connectivity index (χ1) is 7.34. The van der Waals surface area contributed by atoms with Crippen LogP contribution in [0.1, 0.15) is 30.9 Å². The lowest BCUT2D eigenvalue weighted by atomic mass is 9.94. The smallest absolute Gasteiger partial charge is 0.310 e. The summed E-state index contributed by atoms with van der Waals surface area (Å²) >= 11 is 0. The van der Waals surface area contributed by atoms with Crippen LogP contribution in [-0.2, 0) is 11.3 Å². The largest absolute Gasteiger partial charge is 0.481 e. The number of nitrogens with zero attached hydrogens (tertiary/aromatic N) is 1. The van der Waals surface area contributed by atoms with Gasteiger partial charge in [-0.1, -0.05) is 5.16 Å². The molecule has 5 heteroatoms. The van der Waals surface area contributed by atoms with Crippen molar-refractivity contribution in [2.75, 3.05) is 6.54 Å². The summed E-state index contributed by atoms with van der Waals surface area (Å²) in [5.74, 6) is -0.0307. The van der Waals surface area contributed by atoms with Crippen LogP contribution in [0.2, 0.25) is 0 Å². The van der Waals surface area contributed by atoms with Gasteiger partial charge in [-0.2, -0.15) is 0 Å². The SMILES string of the molecule is Cc1noc(C)c1CNCC(C)(C)C(=O)O. The van der Waals surface area contributed by atoms with E-state index < -0.39 is 11.4 Å². The summed E-state index contributed by atoms with van der Waals surface area (Å²) in [5.41, 5.74) is 1.08. The Kier molecular flexibility index (Phi) is 3.70. The molecule has 1 aromatic heterocycles. The van der Waals surface area contributed by atoms with Crippen molar-refractivity contribution < 1.29 is 14.4 Å². The standard InChI is InChI=1S/C11H18N2O3/c1-7-9(8(2)16-13-7)5-12-6-11(3,4)10(14)15/h12H,5-6H2,1-4H3,(H,14,15). The number of carboxylic acid groups (broad SMARTS) is 1. The average Bonchev–Trinajstić information content (AvgIpc) is 2.48. The first-order valence-electron chi connectivity index (χ1n) is 5.20. The highest BCUT2D eigenvalue weighted by Gasteiger charge is 2.26. The molecule has 0 aliphatic heterocycles. The molecule has 16 heavy (non-hydrogen) atoms. The molecule has 1 rings (SSSR count). The van der Waals surface area contributed by atoms with E-state index in [2.05, 4.69) is 10.5 Å². The van der Waals surface area contributed by atoms with Gasteiger partial charge in [-0.3, -0.25) is 4.79 Å². The number of aryl methyl sites for hydroxylation is 2. The van der Waals surface area contributed by atoms with E-state index in [4.69, 9.17) is 9.63 Å². The quantitative estimate of drug-likeness (QED) is 0.795. The maximum Gasteiger partial charge on any atom is 0.310 e. The van der Waals surface area contributed by atoms with Crippen molar-refractivity contribution in [2.45, 2.75) is 34.2 Å². The van der Waals surface area contributed by atoms with Crippen molar-refractivity contribution in [2.24, 2.45) is 5.41 Å². The summed E-state index contributed by atoms with van der Waals surface area (Å²) in [5, 5.41) is 15.9. The van der Waals surface area contributed by atoms with E-state index in [1.807, 2.05) is 13.8 Å². The second kappa shape index (κ2) is 4.65. The number of aliphatic carboxylic acids is 1. The highest BCUT2D eigenvalue weighted by molar-refractivity contribution is 5.73. The summed E-state index contributed by atoms with van der Waals surface area (Å²) in [7, 11) is 0. The van der Waals surface area contributed by atoms with Crippen LogP contribution in [-0.4, -0.2) is 22.8 Å². The van der Waals surface area contributed by atoms with Crippen LogP contribution in [0.3, 0.4) is 0 Å². The molecule has 90 valence electrons. The average molecular weight is 226 g/mol. The fraction of sp³-hybridized carbons (Fsp3) is 0.636. The minimum Gasteiger partial charge on any atom is -0.481 e. The molecule has 0 aliphatic carbocycles. The van der Waals surface area contributed by atoms with Gasteiger partial charge in [0.2, 0.25) is 0 Å². The minimum atomic E-state index is -0.807. The Morgan fingerprint density at radius 2 is 2.12 bits per heavy atom. The molecule has 0 atom stereocenters. The van der Waals surface area contributed by atoms with E-state index in [0.717, 1.165) is 17.0 Å². The molecule has 1 heterocycles. The second-order valence-corrected chi connectivity index (χ2v) is 4.60. The number of hydrogen-bond donors (Lipinski definition) is 2. The number of nitrogens with one attached hydrogen (secondary N) is 1. The van der Waals surface area contributed by atoms with Gasteiger partial charge in [-0.05, 0) is 27.7 Å². The van der Waals surface area contributed by atoms with Gasteiger partial charge in [0.25, 0.3) is 0 Å². The monoisotopic (exact) mass is 226 g/mol. The topological polar surface area (TPSA) is 75.4 Å². The van der Waals surface area contributed by atoms with Crippen molar-refractivity contribution >= 4 is 5.97 Å². The first kappa shape index (κ1) is 12.7. The number of rotatable bonds is 5. The van der Waals surface area contributed by atoms with Crippen LogP contribution in [0.25, 0.3) is 0 Å². The Bertz CT molecular complexity index is 363. The van der Waals surface area contributed by atoms with Crippen molar-refractivity contribution in [3.63, 3.8) is 0 Å². The zero-order valence-electron chi connectivity index (χ0n) is 10.1. The van der Waals surface area contributed by atoms with Crippen LogP contribution >= 0.6 is 0 Å². The Balaban J connectivity index is 2.51. The molecule has 0 spiro atoms. The second-order valence-electron chi connectivity index (χ2n) is 4.60. The molecule has 2 N–H and O–H groups in total. The third kappa shape index (κ3) is 2.82. The highest BCUT2D eigenvalue weighted by Crippen LogP contribution is 2.15. The van der Waals surface area contributed by atoms with Crippen LogP contribution in [0, 0.1) is 19.3 Å². The molecule has 0 unspecified atom stereocenters. The predicted molar refractivity (Wildman–Crippen MR) is 59.1 cm³/mol. The molecule has 0 saturated heterocycles. The van der Waals surface area contributed by atoms with Gasteiger partial charge in [-0.25, -0.2) is 0 Å². The first-order valence-corrected chi connectivity index (χ1v) is 5.20. The molecule has 0 bridgehead atoms. The third-order valence-corrected chi connectivity index (χ3v) is 2.63. The fourth-order valence-electron chi connectivity index (χ4n) is 1.33. The van der Waals surface area contributed by atoms with Crippen LogP contribution < -0.4 is 5.32 Å². The van der Waals surface area contributed by atoms with E-state index >= 15 is 0 Å². The van der Waals surface area contributed by atoms with Gasteiger partial charge < -0.3 is 14.9 Å². The van der Waals surface area contributed by atoms with Gasteiger partial charge in [0, 0.05) is 18.7 Å². The van der Waals surface area contributed by atoms with Crippen molar-refractivity contribution in [1.29, 1.82) is 0 Å². The highest BCUT2D eigenvalue weighted by atomic mass is 16.5. The van der Waals surface area contributed by atoms with Crippen molar-refractivity contribution in [1.82, 2.24) is 10.5 Å². The van der Waals surface area contributed by atoms with Gasteiger partial charge in [0.1, 0.15) is 5.76 Å². The van der Waals surface area contributed by atoms with E-state index in [9.17, 15) is 4.79 Å². The molecule has 0 amide bonds. The number of aromatic nitrogens is 1. The predicted octanol–water partition coefficient (Wildman–Crippen LogP) is 1.49. The summed E-state index contributed by atoms with van der Waals surface area (Å²) < 4.78 is 5.02. The van der Waals surface area contributed by atoms with E-state index in [0.29, 0.717) is 13.1 Å². The molecule has 0 saturated carbocycles. The maximum absolute atomic E-state index is 10.9. The third-order valence-electron chi connectivity index (χ3n) is 2.63. The molecule has 0 aromatic carbocycles. The Hall–Kier alpha value is -1.36. The number of hydrogen-bond acceptors (Lipinski definition) is 4. The lowest BCUT2D eigenvalue weighted by Crippen LogP contribution is -2.35. The molecule has 0 radical (unpaired) electrons. The zero-order chi connectivity index (χ0) is 12.3. The van der Waals surface area contributed by atoms with Gasteiger partial charge in [-0.15, -0.1) is 0 Å². The number of carboxylic acids is 1. The van der Waals surface area contributed by atoms with E-state index in [1.165, 1.54) is 0 Å². The normalized spacial score (nSPS) is 11.8. The van der Waals surface area contributed by atoms with Crippen LogP contribution in [0.5, 0.6) is 0 Å². The molecule has 0 fully saturated rings. The lowest BCUT2D eigenvalue weighted by molar-refractivity contribution is -0.146. The molecule has 5 nitrogen and oxygen atoms in total. The summed E-state index contributed by atoms with van der Waals surface area (Å²) in [4.78, 5) is 10.9. The van der Waals surface area contributed by atoms with E-state index in [1.54, 1.807) is 13.8 Å². The van der Waals surface area contributed by atoms with Crippen LogP contribution in [0.15, 0.2) is 4.52 Å². The summed E-state index contributed by atoms with van der Waals surface area (Å²) in [6, 6.07) is 0. The Labute approximate surface area is 94.8 Å². The molecule has 0 aliphatic rings. The molecule has 1 aromatic rings. The lowest BCUT2D eigenvalue weighted by Gasteiger charge is -2.19. The fourth-order valence-corrected chi connectivity index (χ4v) is 1.33. The molecular formula is C11H18N2O3. The minimum absolute atomic E-state index is 0.409. The summed E-state index contributed by atoms with van der Waals surface area (Å²) in [6.45, 7) is 8.09. The van der Waals surface area contributed by atoms with Crippen molar-refractivity contribution in [3.05, 3.63) is 17.0 Å².